The lowest BCUT2D eigenvalue weighted by atomic mass is 9.95. The zero-order valence-electron chi connectivity index (χ0n) is 14.7. The highest BCUT2D eigenvalue weighted by atomic mass is 32.1. The molecule has 2 nitrogen and oxygen atoms in total. The zero-order valence-corrected chi connectivity index (χ0v) is 15.5. The quantitative estimate of drug-likeness (QED) is 0.697. The molecular formula is C18H34N2S. The second-order valence-corrected chi connectivity index (χ2v) is 7.49. The van der Waals surface area contributed by atoms with Gasteiger partial charge in [0.15, 0.2) is 0 Å². The van der Waals surface area contributed by atoms with Gasteiger partial charge in [-0.05, 0) is 49.1 Å². The molecule has 21 heavy (non-hydrogen) atoms. The van der Waals surface area contributed by atoms with E-state index >= 15 is 0 Å². The molecule has 0 aliphatic carbocycles. The third-order valence-electron chi connectivity index (χ3n) is 4.39. The summed E-state index contributed by atoms with van der Waals surface area (Å²) >= 11 is 1.87. The van der Waals surface area contributed by atoms with E-state index in [1.807, 2.05) is 11.3 Å². The van der Waals surface area contributed by atoms with Gasteiger partial charge in [-0.25, -0.2) is 0 Å². The molecule has 0 amide bonds. The Labute approximate surface area is 135 Å². The Bertz CT molecular complexity index is 396. The predicted octanol–water partition coefficient (Wildman–Crippen LogP) is 4.98. The van der Waals surface area contributed by atoms with Crippen molar-refractivity contribution >= 4 is 11.3 Å². The Kier molecular flexibility index (Phi) is 7.93. The second kappa shape index (κ2) is 8.92. The molecule has 122 valence electrons. The number of nitrogens with two attached hydrogens (primary N) is 1. The number of nitrogens with zero attached hydrogens (tertiary/aromatic N) is 1. The molecule has 2 N–H and O–H groups in total. The van der Waals surface area contributed by atoms with Gasteiger partial charge in [-0.15, -0.1) is 11.3 Å². The smallest absolute Gasteiger partial charge is 0.0598 e. The van der Waals surface area contributed by atoms with Crippen LogP contribution in [0.2, 0.25) is 0 Å². The molecule has 3 heteroatoms. The van der Waals surface area contributed by atoms with E-state index in [9.17, 15) is 0 Å². The van der Waals surface area contributed by atoms with Crippen LogP contribution in [-0.2, 0) is 0 Å². The molecule has 2 atom stereocenters. The number of hydrogen-bond donors (Lipinski definition) is 1. The van der Waals surface area contributed by atoms with Crippen LogP contribution in [0.15, 0.2) is 11.4 Å². The Hall–Kier alpha value is -0.380. The summed E-state index contributed by atoms with van der Waals surface area (Å²) in [5.74, 6) is 0.664. The maximum atomic E-state index is 6.57. The van der Waals surface area contributed by atoms with Crippen molar-refractivity contribution in [1.82, 2.24) is 4.90 Å². The minimum atomic E-state index is 0.210. The van der Waals surface area contributed by atoms with Crippen molar-refractivity contribution in [2.75, 3.05) is 6.54 Å². The fourth-order valence-electron chi connectivity index (χ4n) is 3.17. The van der Waals surface area contributed by atoms with Crippen molar-refractivity contribution < 1.29 is 0 Å². The highest BCUT2D eigenvalue weighted by molar-refractivity contribution is 7.10. The molecular weight excluding hydrogens is 276 g/mol. The molecule has 0 aromatic carbocycles. The van der Waals surface area contributed by atoms with Crippen LogP contribution in [0.1, 0.15) is 70.4 Å². The molecule has 0 spiro atoms. The van der Waals surface area contributed by atoms with Gasteiger partial charge in [0.1, 0.15) is 0 Å². The summed E-state index contributed by atoms with van der Waals surface area (Å²) in [4.78, 5) is 4.16. The van der Waals surface area contributed by atoms with Crippen molar-refractivity contribution in [3.63, 3.8) is 0 Å². The standard InChI is InChI=1S/C18H34N2S/c1-7-15(8-2)20(12-13(4)5)17(16(19)9-3)18-14(6)10-11-21-18/h10-11,13,15-17H,7-9,12,19H2,1-6H3. The highest BCUT2D eigenvalue weighted by Crippen LogP contribution is 2.35. The van der Waals surface area contributed by atoms with Crippen molar-refractivity contribution in [3.05, 3.63) is 21.9 Å². The number of rotatable bonds is 9. The van der Waals surface area contributed by atoms with E-state index in [1.54, 1.807) is 0 Å². The van der Waals surface area contributed by atoms with Crippen LogP contribution in [-0.4, -0.2) is 23.5 Å². The molecule has 0 radical (unpaired) electrons. The fraction of sp³-hybridized carbons (Fsp3) is 0.778. The van der Waals surface area contributed by atoms with Gasteiger partial charge in [-0.2, -0.15) is 0 Å². The van der Waals surface area contributed by atoms with E-state index in [4.69, 9.17) is 5.73 Å². The lowest BCUT2D eigenvalue weighted by molar-refractivity contribution is 0.0927. The van der Waals surface area contributed by atoms with Crippen LogP contribution >= 0.6 is 11.3 Å². The number of hydrogen-bond acceptors (Lipinski definition) is 3. The summed E-state index contributed by atoms with van der Waals surface area (Å²) in [7, 11) is 0. The molecule has 1 heterocycles. The minimum Gasteiger partial charge on any atom is -0.326 e. The monoisotopic (exact) mass is 310 g/mol. The maximum absolute atomic E-state index is 6.57. The second-order valence-electron chi connectivity index (χ2n) is 6.55. The highest BCUT2D eigenvalue weighted by Gasteiger charge is 2.31. The number of thiophene rings is 1. The van der Waals surface area contributed by atoms with Crippen LogP contribution in [0.25, 0.3) is 0 Å². The van der Waals surface area contributed by atoms with Gasteiger partial charge in [0.05, 0.1) is 6.04 Å². The molecule has 0 fully saturated rings. The Balaban J connectivity index is 3.19. The molecule has 1 rings (SSSR count). The van der Waals surface area contributed by atoms with E-state index in [-0.39, 0.29) is 6.04 Å². The first-order chi connectivity index (χ1) is 9.96. The largest absolute Gasteiger partial charge is 0.326 e. The number of aryl methyl sites for hydroxylation is 1. The summed E-state index contributed by atoms with van der Waals surface area (Å²) in [6.07, 6.45) is 3.41. The Morgan fingerprint density at radius 3 is 2.14 bits per heavy atom. The normalized spacial score (nSPS) is 15.1. The molecule has 1 aromatic rings. The van der Waals surface area contributed by atoms with Gasteiger partial charge in [0.25, 0.3) is 0 Å². The van der Waals surface area contributed by atoms with Crippen molar-refractivity contribution in [2.45, 2.75) is 78.9 Å². The molecule has 0 aliphatic heterocycles. The van der Waals surface area contributed by atoms with E-state index in [1.165, 1.54) is 23.3 Å². The minimum absolute atomic E-state index is 0.210. The van der Waals surface area contributed by atoms with Crippen molar-refractivity contribution in [2.24, 2.45) is 11.7 Å². The summed E-state index contributed by atoms with van der Waals surface area (Å²) in [6, 6.07) is 3.43. The molecule has 0 saturated heterocycles. The summed E-state index contributed by atoms with van der Waals surface area (Å²) in [5.41, 5.74) is 7.96. The van der Waals surface area contributed by atoms with Gasteiger partial charge >= 0.3 is 0 Å². The Morgan fingerprint density at radius 2 is 1.76 bits per heavy atom. The van der Waals surface area contributed by atoms with Gasteiger partial charge < -0.3 is 5.73 Å². The van der Waals surface area contributed by atoms with E-state index in [0.717, 1.165) is 13.0 Å². The summed E-state index contributed by atoms with van der Waals surface area (Å²) in [5, 5.41) is 2.21. The topological polar surface area (TPSA) is 29.3 Å². The summed E-state index contributed by atoms with van der Waals surface area (Å²) < 4.78 is 0. The van der Waals surface area contributed by atoms with E-state index in [2.05, 4.69) is 57.9 Å². The predicted molar refractivity (Wildman–Crippen MR) is 96.0 cm³/mol. The van der Waals surface area contributed by atoms with Crippen molar-refractivity contribution in [3.8, 4) is 0 Å². The van der Waals surface area contributed by atoms with Gasteiger partial charge in [0.2, 0.25) is 0 Å². The molecule has 0 saturated carbocycles. The third kappa shape index (κ3) is 4.80. The van der Waals surface area contributed by atoms with E-state index < -0.39 is 0 Å². The van der Waals surface area contributed by atoms with Crippen LogP contribution in [0, 0.1) is 12.8 Å². The summed E-state index contributed by atoms with van der Waals surface area (Å²) in [6.45, 7) is 14.8. The first kappa shape index (κ1) is 18.7. The molecule has 1 aromatic heterocycles. The lowest BCUT2D eigenvalue weighted by Gasteiger charge is -2.41. The maximum Gasteiger partial charge on any atom is 0.0598 e. The van der Waals surface area contributed by atoms with Gasteiger partial charge in [-0.3, -0.25) is 4.90 Å². The average molecular weight is 311 g/mol. The molecule has 2 unspecified atom stereocenters. The third-order valence-corrected chi connectivity index (χ3v) is 5.48. The van der Waals surface area contributed by atoms with E-state index in [0.29, 0.717) is 18.0 Å². The molecule has 0 aliphatic rings. The lowest BCUT2D eigenvalue weighted by Crippen LogP contribution is -2.47. The van der Waals surface area contributed by atoms with Crippen LogP contribution in [0.3, 0.4) is 0 Å². The zero-order chi connectivity index (χ0) is 16.0. The molecule has 0 bridgehead atoms. The first-order valence-electron chi connectivity index (χ1n) is 8.51. The Morgan fingerprint density at radius 1 is 1.14 bits per heavy atom. The average Bonchev–Trinajstić information content (AvgIpc) is 2.85. The van der Waals surface area contributed by atoms with Crippen LogP contribution < -0.4 is 5.73 Å². The SMILES string of the molecule is CCC(N)C(c1sccc1C)N(CC(C)C)C(CC)CC. The fourth-order valence-corrected chi connectivity index (χ4v) is 4.29. The first-order valence-corrected chi connectivity index (χ1v) is 9.39. The van der Waals surface area contributed by atoms with Crippen LogP contribution in [0.5, 0.6) is 0 Å². The van der Waals surface area contributed by atoms with Crippen molar-refractivity contribution in [1.29, 1.82) is 0 Å². The van der Waals surface area contributed by atoms with Crippen LogP contribution in [0.4, 0.5) is 0 Å². The van der Waals surface area contributed by atoms with Gasteiger partial charge in [-0.1, -0.05) is 34.6 Å². The van der Waals surface area contributed by atoms with Gasteiger partial charge in [0, 0.05) is 23.5 Å².